The summed E-state index contributed by atoms with van der Waals surface area (Å²) in [6.45, 7) is 0. The van der Waals surface area contributed by atoms with Crippen LogP contribution in [-0.2, 0) is 11.0 Å². The molecule has 0 fully saturated rings. The predicted molar refractivity (Wildman–Crippen MR) is 222 cm³/mol. The van der Waals surface area contributed by atoms with E-state index in [-0.39, 0.29) is 0 Å². The number of aryl methyl sites for hydroxylation is 1. The zero-order chi connectivity index (χ0) is 35.4. The van der Waals surface area contributed by atoms with Gasteiger partial charge in [0.1, 0.15) is 0 Å². The van der Waals surface area contributed by atoms with Gasteiger partial charge in [0.25, 0.3) is 0 Å². The number of benzene rings is 7. The Morgan fingerprint density at radius 3 is 1.72 bits per heavy atom. The second kappa shape index (κ2) is 12.7. The Kier molecular flexibility index (Phi) is 7.52. The molecule has 0 spiro atoms. The Bertz CT molecular complexity index is 2680. The first-order valence-corrected chi connectivity index (χ1v) is 19.8. The van der Waals surface area contributed by atoms with Gasteiger partial charge in [-0.1, -0.05) is 121 Å². The normalized spacial score (nSPS) is 16.2. The van der Waals surface area contributed by atoms with Crippen LogP contribution in [0.4, 0.5) is 22.7 Å². The van der Waals surface area contributed by atoms with E-state index in [1.165, 1.54) is 22.2 Å². The number of aromatic nitrogens is 1. The van der Waals surface area contributed by atoms with E-state index in [2.05, 4.69) is 141 Å². The maximum Gasteiger partial charge on any atom is 0.301 e. The molecule has 0 radical (unpaired) electrons. The monoisotopic (exact) mass is 701 g/mol. The molecule has 1 aliphatic carbocycles. The lowest BCUT2D eigenvalue weighted by atomic mass is 10.0. The van der Waals surface area contributed by atoms with Gasteiger partial charge in [0, 0.05) is 28.1 Å². The van der Waals surface area contributed by atoms with Crippen molar-refractivity contribution in [1.29, 1.82) is 0 Å². The minimum atomic E-state index is -3.51. The maximum absolute atomic E-state index is 16.3. The van der Waals surface area contributed by atoms with Gasteiger partial charge >= 0.3 is 7.44 Å². The molecule has 5 heteroatoms. The summed E-state index contributed by atoms with van der Waals surface area (Å²) >= 11 is 0. The van der Waals surface area contributed by atoms with Gasteiger partial charge in [0.2, 0.25) is 0 Å². The summed E-state index contributed by atoms with van der Waals surface area (Å²) in [7, 11) is -3.51. The molecular weight excluding hydrogens is 666 g/mol. The van der Waals surface area contributed by atoms with Crippen molar-refractivity contribution in [3.63, 3.8) is 0 Å². The summed E-state index contributed by atoms with van der Waals surface area (Å²) in [6.07, 6.45) is 6.69. The molecule has 0 saturated carbocycles. The summed E-state index contributed by atoms with van der Waals surface area (Å²) in [4.78, 5) is 0. The molecule has 1 unspecified atom stereocenters. The lowest BCUT2D eigenvalue weighted by Gasteiger charge is -2.33. The zero-order valence-corrected chi connectivity index (χ0v) is 30.0. The van der Waals surface area contributed by atoms with Gasteiger partial charge in [0.05, 0.1) is 22.2 Å². The number of para-hydroxylation sites is 3. The Balaban J connectivity index is 1.11. The number of hydrogen-bond acceptors (Lipinski definition) is 1. The molecule has 4 nitrogen and oxygen atoms in total. The van der Waals surface area contributed by atoms with Crippen molar-refractivity contribution in [1.82, 2.24) is 4.57 Å². The largest absolute Gasteiger partial charge is 0.310 e. The molecule has 1 atom stereocenters. The Hall–Kier alpha value is -6.35. The third-order valence-electron chi connectivity index (χ3n) is 10.6. The van der Waals surface area contributed by atoms with Gasteiger partial charge in [-0.05, 0) is 113 Å². The molecule has 7 aromatic carbocycles. The molecule has 0 saturated heterocycles. The highest BCUT2D eigenvalue weighted by Gasteiger charge is 2.49. The van der Waals surface area contributed by atoms with Crippen molar-refractivity contribution < 1.29 is 4.57 Å². The molecule has 2 aliphatic rings. The van der Waals surface area contributed by atoms with Crippen LogP contribution in [-0.4, -0.2) is 4.57 Å². The first kappa shape index (κ1) is 31.4. The van der Waals surface area contributed by atoms with Gasteiger partial charge in [-0.3, -0.25) is 13.9 Å². The van der Waals surface area contributed by atoms with Crippen molar-refractivity contribution in [2.75, 3.05) is 9.34 Å². The molecule has 1 aromatic heterocycles. The van der Waals surface area contributed by atoms with Gasteiger partial charge < -0.3 is 4.57 Å². The summed E-state index contributed by atoms with van der Waals surface area (Å²) in [5.41, 5.74) is 13.1. The van der Waals surface area contributed by atoms with Crippen LogP contribution in [0.3, 0.4) is 0 Å². The fourth-order valence-electron chi connectivity index (χ4n) is 8.14. The number of rotatable bonds is 6. The van der Waals surface area contributed by atoms with Crippen LogP contribution in [0.5, 0.6) is 0 Å². The maximum atomic E-state index is 16.3. The predicted octanol–water partition coefficient (Wildman–Crippen LogP) is 12.7. The molecule has 53 heavy (non-hydrogen) atoms. The van der Waals surface area contributed by atoms with Gasteiger partial charge in [0.15, 0.2) is 0 Å². The summed E-state index contributed by atoms with van der Waals surface area (Å²) in [6, 6.07) is 63.0. The summed E-state index contributed by atoms with van der Waals surface area (Å²) in [5, 5.41) is 2.10. The van der Waals surface area contributed by atoms with Crippen LogP contribution in [0, 0.1) is 0 Å². The van der Waals surface area contributed by atoms with E-state index in [4.69, 9.17) is 0 Å². The lowest BCUT2D eigenvalue weighted by Crippen LogP contribution is -2.26. The molecule has 1 aliphatic heterocycles. The minimum absolute atomic E-state index is 0.767. The van der Waals surface area contributed by atoms with E-state index in [0.717, 1.165) is 68.8 Å². The highest BCUT2D eigenvalue weighted by molar-refractivity contribution is 7.76. The highest BCUT2D eigenvalue weighted by Crippen LogP contribution is 2.70. The van der Waals surface area contributed by atoms with Crippen LogP contribution in [0.1, 0.15) is 17.7 Å². The fourth-order valence-corrected chi connectivity index (χ4v) is 11.1. The number of allylic oxidation sites excluding steroid dienone is 1. The Labute approximate surface area is 310 Å². The average Bonchev–Trinajstić information content (AvgIpc) is 3.71. The van der Waals surface area contributed by atoms with Crippen molar-refractivity contribution in [2.45, 2.75) is 12.8 Å². The van der Waals surface area contributed by atoms with E-state index < -0.39 is 7.44 Å². The van der Waals surface area contributed by atoms with E-state index in [1.54, 1.807) is 0 Å². The van der Waals surface area contributed by atoms with Gasteiger partial charge in [-0.25, -0.2) is 0 Å². The smallest absolute Gasteiger partial charge is 0.301 e. The Morgan fingerprint density at radius 1 is 0.472 bits per heavy atom. The molecule has 254 valence electrons. The first-order chi connectivity index (χ1) is 26.2. The zero-order valence-electron chi connectivity index (χ0n) is 29.1. The highest BCUT2D eigenvalue weighted by atomic mass is 31.2. The van der Waals surface area contributed by atoms with E-state index >= 15 is 4.57 Å². The number of anilines is 4. The van der Waals surface area contributed by atoms with Gasteiger partial charge in [-0.2, -0.15) is 0 Å². The molecule has 2 heterocycles. The topological polar surface area (TPSA) is 28.5 Å². The lowest BCUT2D eigenvalue weighted by molar-refractivity contribution is 0.582. The van der Waals surface area contributed by atoms with E-state index in [0.29, 0.717) is 0 Å². The number of fused-ring (bicyclic) bond motifs is 4. The van der Waals surface area contributed by atoms with Crippen molar-refractivity contribution >= 4 is 52.5 Å². The molecular formula is C48H36N3OP. The molecule has 0 bridgehead atoms. The standard InChI is InChI=1S/C48H36N3OP/c52-53(42-31-26-36(27-32-42)35-14-4-1-5-15-35)50(40-16-6-2-7-17-40)47-33-28-38(34-48(47)51(53)41-18-8-3-9-19-41)37-24-29-39(30-25-37)49-45-22-12-10-20-43(45)44-21-11-13-23-46(44)49/h1-10,12-20,22-34H,11,21H2. The Morgan fingerprint density at radius 2 is 1.02 bits per heavy atom. The van der Waals surface area contributed by atoms with Crippen molar-refractivity contribution in [3.05, 3.63) is 199 Å². The second-order valence-electron chi connectivity index (χ2n) is 13.7. The molecule has 0 N–H and O–H groups in total. The van der Waals surface area contributed by atoms with E-state index in [9.17, 15) is 0 Å². The fraction of sp³-hybridized carbons (Fsp3) is 0.0417. The number of hydrogen-bond donors (Lipinski definition) is 0. The third-order valence-corrected chi connectivity index (χ3v) is 13.6. The summed E-state index contributed by atoms with van der Waals surface area (Å²) in [5.74, 6) is 0. The molecule has 0 amide bonds. The van der Waals surface area contributed by atoms with Crippen molar-refractivity contribution in [2.24, 2.45) is 0 Å². The van der Waals surface area contributed by atoms with Crippen LogP contribution in [0.15, 0.2) is 188 Å². The molecule has 10 rings (SSSR count). The quantitative estimate of drug-likeness (QED) is 0.162. The second-order valence-corrected chi connectivity index (χ2v) is 16.1. The third kappa shape index (κ3) is 5.10. The van der Waals surface area contributed by atoms with Crippen LogP contribution in [0.2, 0.25) is 0 Å². The molecule has 8 aromatic rings. The van der Waals surface area contributed by atoms with E-state index in [1.807, 2.05) is 66.7 Å². The van der Waals surface area contributed by atoms with Crippen LogP contribution in [0.25, 0.3) is 44.9 Å². The SMILES string of the molecule is O=P1(c2ccc(-c3ccccc3)cc2)N(c2ccccc2)c2ccc(-c3ccc(-n4c5c(c6ccccc64)CCC=C5)cc3)cc2N1c1ccccc1. The number of nitrogens with zero attached hydrogens (tertiary/aromatic N) is 3. The van der Waals surface area contributed by atoms with Crippen LogP contribution >= 0.6 is 7.44 Å². The summed E-state index contributed by atoms with van der Waals surface area (Å²) < 4.78 is 22.8. The first-order valence-electron chi connectivity index (χ1n) is 18.2. The van der Waals surface area contributed by atoms with Crippen molar-refractivity contribution in [3.8, 4) is 27.9 Å². The average molecular weight is 702 g/mol. The minimum Gasteiger partial charge on any atom is -0.310 e. The van der Waals surface area contributed by atoms with Gasteiger partial charge in [-0.15, -0.1) is 0 Å². The van der Waals surface area contributed by atoms with Crippen LogP contribution < -0.4 is 14.6 Å².